The smallest absolute Gasteiger partial charge is 0.310 e. The number of rotatable bonds is 5. The maximum Gasteiger partial charge on any atom is 0.310 e. The fourth-order valence-corrected chi connectivity index (χ4v) is 4.84. The van der Waals surface area contributed by atoms with E-state index < -0.39 is 27.2 Å². The van der Waals surface area contributed by atoms with Crippen LogP contribution in [0, 0.1) is 5.92 Å². The van der Waals surface area contributed by atoms with Crippen LogP contribution in [0.25, 0.3) is 0 Å². The minimum Gasteiger partial charge on any atom is -0.469 e. The van der Waals surface area contributed by atoms with Crippen LogP contribution in [0.4, 0.5) is 0 Å². The van der Waals surface area contributed by atoms with Crippen molar-refractivity contribution in [2.45, 2.75) is 31.1 Å². The molecule has 1 fully saturated rings. The van der Waals surface area contributed by atoms with Gasteiger partial charge >= 0.3 is 5.97 Å². The number of nitrogens with one attached hydrogen (secondary N) is 1. The molecule has 1 aliphatic rings. The van der Waals surface area contributed by atoms with Crippen molar-refractivity contribution in [2.24, 2.45) is 5.92 Å². The number of carbonyl (C=O) groups is 1. The lowest BCUT2D eigenvalue weighted by Crippen LogP contribution is -2.39. The Labute approximate surface area is 133 Å². The van der Waals surface area contributed by atoms with Gasteiger partial charge in [0.2, 0.25) is 10.0 Å². The van der Waals surface area contributed by atoms with Crippen LogP contribution >= 0.6 is 15.9 Å². The van der Waals surface area contributed by atoms with Gasteiger partial charge in [-0.1, -0.05) is 34.5 Å². The van der Waals surface area contributed by atoms with Crippen molar-refractivity contribution in [3.05, 3.63) is 34.3 Å². The Morgan fingerprint density at radius 3 is 2.86 bits per heavy atom. The van der Waals surface area contributed by atoms with Gasteiger partial charge in [-0.15, -0.1) is 0 Å². The molecule has 0 aliphatic heterocycles. The summed E-state index contributed by atoms with van der Waals surface area (Å²) < 4.78 is 33.0. The molecule has 5 nitrogen and oxygen atoms in total. The third-order valence-corrected chi connectivity index (χ3v) is 6.12. The van der Waals surface area contributed by atoms with E-state index in [0.717, 1.165) is 16.5 Å². The van der Waals surface area contributed by atoms with E-state index in [2.05, 4.69) is 20.7 Å². The molecule has 0 spiro atoms. The maximum atomic E-state index is 12.4. The largest absolute Gasteiger partial charge is 0.469 e. The molecule has 1 aliphatic carbocycles. The van der Waals surface area contributed by atoms with Gasteiger partial charge in [-0.3, -0.25) is 4.79 Å². The second-order valence-corrected chi connectivity index (χ2v) is 7.99. The first-order valence-corrected chi connectivity index (χ1v) is 9.08. The number of hydrogen-bond donors (Lipinski definition) is 1. The van der Waals surface area contributed by atoms with E-state index in [9.17, 15) is 13.2 Å². The highest BCUT2D eigenvalue weighted by Crippen LogP contribution is 2.31. The normalized spacial score (nSPS) is 22.2. The molecule has 1 N–H and O–H groups in total. The van der Waals surface area contributed by atoms with Crippen LogP contribution < -0.4 is 4.72 Å². The minimum absolute atomic E-state index is 0.214. The molecule has 2 unspecified atom stereocenters. The average Bonchev–Trinajstić information content (AvgIpc) is 2.95. The van der Waals surface area contributed by atoms with Crippen LogP contribution in [0.2, 0.25) is 0 Å². The highest BCUT2D eigenvalue weighted by atomic mass is 79.9. The van der Waals surface area contributed by atoms with Gasteiger partial charge in [-0.2, -0.15) is 0 Å². The third kappa shape index (κ3) is 4.05. The van der Waals surface area contributed by atoms with Crippen LogP contribution in [0.3, 0.4) is 0 Å². The number of sulfonamides is 1. The van der Waals surface area contributed by atoms with Crippen LogP contribution in [0.15, 0.2) is 28.7 Å². The highest BCUT2D eigenvalue weighted by Gasteiger charge is 2.41. The molecule has 7 heteroatoms. The zero-order valence-corrected chi connectivity index (χ0v) is 14.1. The molecule has 116 valence electrons. The minimum atomic E-state index is -3.54. The Balaban J connectivity index is 2.06. The SMILES string of the molecule is COC(=O)C1CCCC1S(=O)(=O)NCc1cccc(Br)c1. The van der Waals surface area contributed by atoms with Crippen LogP contribution in [-0.2, 0) is 26.1 Å². The van der Waals surface area contributed by atoms with E-state index in [-0.39, 0.29) is 6.54 Å². The van der Waals surface area contributed by atoms with Crippen LogP contribution in [0.5, 0.6) is 0 Å². The van der Waals surface area contributed by atoms with Crippen molar-refractivity contribution in [3.63, 3.8) is 0 Å². The summed E-state index contributed by atoms with van der Waals surface area (Å²) in [6.07, 6.45) is 1.78. The van der Waals surface area contributed by atoms with Gasteiger partial charge in [0.15, 0.2) is 0 Å². The summed E-state index contributed by atoms with van der Waals surface area (Å²) in [6, 6.07) is 7.43. The van der Waals surface area contributed by atoms with Crippen molar-refractivity contribution in [1.82, 2.24) is 4.72 Å². The topological polar surface area (TPSA) is 72.5 Å². The number of benzene rings is 1. The monoisotopic (exact) mass is 375 g/mol. The van der Waals surface area contributed by atoms with Crippen molar-refractivity contribution >= 4 is 31.9 Å². The fraction of sp³-hybridized carbons (Fsp3) is 0.500. The average molecular weight is 376 g/mol. The van der Waals surface area contributed by atoms with Gasteiger partial charge in [0, 0.05) is 11.0 Å². The Morgan fingerprint density at radius 1 is 1.43 bits per heavy atom. The summed E-state index contributed by atoms with van der Waals surface area (Å²) >= 11 is 3.35. The summed E-state index contributed by atoms with van der Waals surface area (Å²) in [5, 5.41) is -0.697. The van der Waals surface area contributed by atoms with Crippen molar-refractivity contribution in [3.8, 4) is 0 Å². The van der Waals surface area contributed by atoms with Gasteiger partial charge in [0.25, 0.3) is 0 Å². The molecule has 1 aromatic rings. The quantitative estimate of drug-likeness (QED) is 0.800. The second-order valence-electron chi connectivity index (χ2n) is 5.10. The molecule has 1 aromatic carbocycles. The molecule has 21 heavy (non-hydrogen) atoms. The lowest BCUT2D eigenvalue weighted by Gasteiger charge is -2.18. The first kappa shape index (κ1) is 16.5. The summed E-state index contributed by atoms with van der Waals surface area (Å²) in [4.78, 5) is 11.7. The van der Waals surface area contributed by atoms with Gasteiger partial charge in [0.1, 0.15) is 0 Å². The van der Waals surface area contributed by atoms with E-state index >= 15 is 0 Å². The van der Waals surface area contributed by atoms with E-state index in [1.165, 1.54) is 7.11 Å². The van der Waals surface area contributed by atoms with Crippen molar-refractivity contribution in [2.75, 3.05) is 7.11 Å². The molecular weight excluding hydrogens is 358 g/mol. The maximum absolute atomic E-state index is 12.4. The summed E-state index contributed by atoms with van der Waals surface area (Å²) in [5.74, 6) is -1.000. The molecular formula is C14H18BrNO4S. The number of hydrogen-bond acceptors (Lipinski definition) is 4. The van der Waals surface area contributed by atoms with E-state index in [1.807, 2.05) is 24.3 Å². The lowest BCUT2D eigenvalue weighted by molar-refractivity contribution is -0.145. The Kier molecular flexibility index (Phi) is 5.40. The van der Waals surface area contributed by atoms with Gasteiger partial charge < -0.3 is 4.74 Å². The summed E-state index contributed by atoms with van der Waals surface area (Å²) in [5.41, 5.74) is 0.862. The van der Waals surface area contributed by atoms with E-state index in [0.29, 0.717) is 12.8 Å². The predicted octanol–water partition coefficient (Wildman–Crippen LogP) is 2.21. The first-order valence-electron chi connectivity index (χ1n) is 6.75. The molecule has 2 rings (SSSR count). The number of ether oxygens (including phenoxy) is 1. The number of esters is 1. The molecule has 0 aromatic heterocycles. The third-order valence-electron chi connectivity index (χ3n) is 3.72. The van der Waals surface area contributed by atoms with Gasteiger partial charge in [-0.25, -0.2) is 13.1 Å². The molecule has 0 radical (unpaired) electrons. The van der Waals surface area contributed by atoms with Gasteiger partial charge in [-0.05, 0) is 30.5 Å². The summed E-state index contributed by atoms with van der Waals surface area (Å²) in [6.45, 7) is 0.214. The zero-order valence-electron chi connectivity index (χ0n) is 11.7. The zero-order chi connectivity index (χ0) is 15.5. The Morgan fingerprint density at radius 2 is 2.19 bits per heavy atom. The molecule has 0 saturated heterocycles. The number of halogens is 1. The van der Waals surface area contributed by atoms with Gasteiger partial charge in [0.05, 0.1) is 18.3 Å². The molecule has 0 bridgehead atoms. The summed E-state index contributed by atoms with van der Waals surface area (Å²) in [7, 11) is -2.25. The van der Waals surface area contributed by atoms with Crippen LogP contribution in [-0.4, -0.2) is 26.7 Å². The highest BCUT2D eigenvalue weighted by molar-refractivity contribution is 9.10. The lowest BCUT2D eigenvalue weighted by atomic mass is 10.1. The second kappa shape index (κ2) is 6.89. The molecule has 1 saturated carbocycles. The number of methoxy groups -OCH3 is 1. The number of carbonyl (C=O) groups excluding carboxylic acids is 1. The van der Waals surface area contributed by atoms with E-state index in [1.54, 1.807) is 0 Å². The van der Waals surface area contributed by atoms with Crippen LogP contribution in [0.1, 0.15) is 24.8 Å². The Bertz CT molecular complexity index is 617. The van der Waals surface area contributed by atoms with Crippen molar-refractivity contribution < 1.29 is 17.9 Å². The first-order chi connectivity index (χ1) is 9.94. The molecule has 2 atom stereocenters. The fourth-order valence-electron chi connectivity index (χ4n) is 2.66. The standard InChI is InChI=1S/C14H18BrNO4S/c1-20-14(17)12-6-3-7-13(12)21(18,19)16-9-10-4-2-5-11(15)8-10/h2,4-5,8,12-13,16H,3,6-7,9H2,1H3. The Hall–Kier alpha value is -0.920. The molecule has 0 amide bonds. The predicted molar refractivity (Wildman–Crippen MR) is 83.0 cm³/mol. The van der Waals surface area contributed by atoms with Crippen molar-refractivity contribution in [1.29, 1.82) is 0 Å². The van der Waals surface area contributed by atoms with E-state index in [4.69, 9.17) is 4.74 Å². The molecule has 0 heterocycles.